The summed E-state index contributed by atoms with van der Waals surface area (Å²) in [6.45, 7) is 0.403. The van der Waals surface area contributed by atoms with Gasteiger partial charge in [0.15, 0.2) is 4.77 Å². The molecule has 0 radical (unpaired) electrons. The average molecular weight is 479 g/mol. The van der Waals surface area contributed by atoms with Gasteiger partial charge in [-0.1, -0.05) is 30.3 Å². The summed E-state index contributed by atoms with van der Waals surface area (Å²) in [6.07, 6.45) is 0.750. The van der Waals surface area contributed by atoms with Gasteiger partial charge in [0.05, 0.1) is 16.6 Å². The number of nitrogens with zero attached hydrogens (tertiary/aromatic N) is 2. The van der Waals surface area contributed by atoms with Gasteiger partial charge in [0.25, 0.3) is 11.5 Å². The van der Waals surface area contributed by atoms with Crippen LogP contribution in [0.15, 0.2) is 77.6 Å². The molecule has 9 heteroatoms. The van der Waals surface area contributed by atoms with E-state index in [1.54, 1.807) is 32.3 Å². The minimum absolute atomic E-state index is 0.163. The van der Waals surface area contributed by atoms with Gasteiger partial charge in [-0.25, -0.2) is 4.39 Å². The molecule has 0 fully saturated rings. The zero-order valence-electron chi connectivity index (χ0n) is 18.6. The topological polar surface area (TPSA) is 87.2 Å². The summed E-state index contributed by atoms with van der Waals surface area (Å²) >= 11 is 5.32. The molecule has 0 spiro atoms. The molecular formula is C25H23FN4O3S. The standard InChI is InChI=1S/C22H16FN3O2S.C3H7NO/c23-16-7-9-17(10-8-16)26-21(28)18-11-6-15(12-19(18)25-22(26)29)20(27)24-13-14-4-2-1-3-5-14;1-4(2)3-5/h1-12H,13H2,(H,24,27)(H,25,29);3H,1-2H3. The summed E-state index contributed by atoms with van der Waals surface area (Å²) in [6, 6.07) is 19.9. The van der Waals surface area contributed by atoms with E-state index in [9.17, 15) is 18.8 Å². The molecule has 2 amide bonds. The molecule has 0 aliphatic rings. The maximum atomic E-state index is 13.2. The van der Waals surface area contributed by atoms with Crippen molar-refractivity contribution in [3.8, 4) is 5.69 Å². The zero-order valence-corrected chi connectivity index (χ0v) is 19.4. The van der Waals surface area contributed by atoms with Crippen molar-refractivity contribution >= 4 is 35.4 Å². The first-order valence-electron chi connectivity index (χ1n) is 10.3. The number of carbonyl (C=O) groups is 2. The third kappa shape index (κ3) is 6.02. The molecule has 0 saturated heterocycles. The van der Waals surface area contributed by atoms with Crippen LogP contribution in [0.3, 0.4) is 0 Å². The molecule has 0 saturated carbocycles. The normalized spacial score (nSPS) is 10.2. The first-order valence-corrected chi connectivity index (χ1v) is 10.7. The Morgan fingerprint density at radius 2 is 1.74 bits per heavy atom. The number of aromatic amines is 1. The van der Waals surface area contributed by atoms with Crippen molar-refractivity contribution in [2.24, 2.45) is 0 Å². The van der Waals surface area contributed by atoms with Crippen molar-refractivity contribution in [1.82, 2.24) is 19.8 Å². The fraction of sp³-hybridized carbons (Fsp3) is 0.120. The highest BCUT2D eigenvalue weighted by Crippen LogP contribution is 2.14. The Morgan fingerprint density at radius 1 is 1.09 bits per heavy atom. The molecule has 7 nitrogen and oxygen atoms in total. The quantitative estimate of drug-likeness (QED) is 0.337. The molecule has 4 aromatic rings. The molecule has 1 heterocycles. The maximum absolute atomic E-state index is 13.2. The third-order valence-electron chi connectivity index (χ3n) is 4.75. The number of amides is 2. The summed E-state index contributed by atoms with van der Waals surface area (Å²) in [5, 5.41) is 3.23. The Morgan fingerprint density at radius 3 is 2.35 bits per heavy atom. The van der Waals surface area contributed by atoms with E-state index in [1.165, 1.54) is 33.7 Å². The molecule has 0 unspecified atom stereocenters. The highest BCUT2D eigenvalue weighted by molar-refractivity contribution is 7.71. The fourth-order valence-corrected chi connectivity index (χ4v) is 3.36. The Hall–Kier alpha value is -4.11. The van der Waals surface area contributed by atoms with Crippen molar-refractivity contribution < 1.29 is 14.0 Å². The van der Waals surface area contributed by atoms with Crippen molar-refractivity contribution in [3.05, 3.63) is 105 Å². The van der Waals surface area contributed by atoms with Gasteiger partial charge in [-0.2, -0.15) is 0 Å². The molecule has 34 heavy (non-hydrogen) atoms. The van der Waals surface area contributed by atoms with E-state index in [2.05, 4.69) is 10.3 Å². The minimum atomic E-state index is -0.399. The molecule has 0 bridgehead atoms. The Kier molecular flexibility index (Phi) is 8.05. The third-order valence-corrected chi connectivity index (χ3v) is 5.04. The predicted molar refractivity (Wildman–Crippen MR) is 132 cm³/mol. The number of H-pyrrole nitrogens is 1. The van der Waals surface area contributed by atoms with Crippen LogP contribution in [-0.4, -0.2) is 40.9 Å². The van der Waals surface area contributed by atoms with Crippen LogP contribution in [0, 0.1) is 10.6 Å². The SMILES string of the molecule is CN(C)C=O.O=C(NCc1ccccc1)c1ccc2c(=O)n(-c3ccc(F)cc3)c(=S)[nH]c2c1. The number of fused-ring (bicyclic) bond motifs is 1. The molecule has 174 valence electrons. The van der Waals surface area contributed by atoms with Gasteiger partial charge in [-0.3, -0.25) is 19.0 Å². The smallest absolute Gasteiger partial charge is 0.266 e. The maximum Gasteiger partial charge on any atom is 0.266 e. The lowest BCUT2D eigenvalue weighted by molar-refractivity contribution is -0.115. The number of halogens is 1. The average Bonchev–Trinajstić information content (AvgIpc) is 2.84. The molecule has 3 aromatic carbocycles. The molecule has 0 atom stereocenters. The van der Waals surface area contributed by atoms with Crippen molar-refractivity contribution in [3.63, 3.8) is 0 Å². The summed E-state index contributed by atoms with van der Waals surface area (Å²) in [7, 11) is 3.38. The van der Waals surface area contributed by atoms with Gasteiger partial charge in [-0.05, 0) is 60.2 Å². The van der Waals surface area contributed by atoms with E-state index < -0.39 is 5.82 Å². The van der Waals surface area contributed by atoms with E-state index in [0.717, 1.165) is 12.0 Å². The van der Waals surface area contributed by atoms with E-state index in [0.29, 0.717) is 28.7 Å². The van der Waals surface area contributed by atoms with Gasteiger partial charge < -0.3 is 15.2 Å². The second kappa shape index (κ2) is 11.2. The van der Waals surface area contributed by atoms with Crippen molar-refractivity contribution in [1.29, 1.82) is 0 Å². The van der Waals surface area contributed by atoms with E-state index >= 15 is 0 Å². The Bertz CT molecular complexity index is 1410. The molecule has 0 aliphatic heterocycles. The molecule has 4 rings (SSSR count). The second-order valence-electron chi connectivity index (χ2n) is 7.54. The molecule has 2 N–H and O–H groups in total. The number of aromatic nitrogens is 2. The van der Waals surface area contributed by atoms with Crippen LogP contribution >= 0.6 is 12.2 Å². The number of hydrogen-bond acceptors (Lipinski definition) is 4. The van der Waals surface area contributed by atoms with E-state index in [-0.39, 0.29) is 16.2 Å². The van der Waals surface area contributed by atoms with Gasteiger partial charge in [0.2, 0.25) is 6.41 Å². The number of benzene rings is 3. The number of carbonyl (C=O) groups excluding carboxylic acids is 2. The number of hydrogen-bond donors (Lipinski definition) is 2. The predicted octanol–water partition coefficient (Wildman–Crippen LogP) is 3.82. The number of nitrogens with one attached hydrogen (secondary N) is 2. The lowest BCUT2D eigenvalue weighted by Gasteiger charge is -2.10. The molecular weight excluding hydrogens is 455 g/mol. The highest BCUT2D eigenvalue weighted by Gasteiger charge is 2.11. The van der Waals surface area contributed by atoms with Crippen LogP contribution in [0.25, 0.3) is 16.6 Å². The van der Waals surface area contributed by atoms with E-state index in [4.69, 9.17) is 12.2 Å². The lowest BCUT2D eigenvalue weighted by Crippen LogP contribution is -2.24. The summed E-state index contributed by atoms with van der Waals surface area (Å²) in [5.74, 6) is -0.651. The first kappa shape index (κ1) is 24.5. The van der Waals surface area contributed by atoms with Crippen molar-refractivity contribution in [2.75, 3.05) is 14.1 Å². The number of rotatable bonds is 5. The van der Waals surface area contributed by atoms with Gasteiger partial charge in [0, 0.05) is 26.2 Å². The molecule has 0 aliphatic carbocycles. The van der Waals surface area contributed by atoms with Crippen LogP contribution in [0.2, 0.25) is 0 Å². The largest absolute Gasteiger partial charge is 0.351 e. The van der Waals surface area contributed by atoms with Crippen LogP contribution in [0.4, 0.5) is 4.39 Å². The van der Waals surface area contributed by atoms with Crippen LogP contribution < -0.4 is 10.9 Å². The monoisotopic (exact) mass is 478 g/mol. The van der Waals surface area contributed by atoms with Crippen LogP contribution in [-0.2, 0) is 11.3 Å². The van der Waals surface area contributed by atoms with E-state index in [1.807, 2.05) is 30.3 Å². The second-order valence-corrected chi connectivity index (χ2v) is 7.93. The Balaban J connectivity index is 0.000000588. The summed E-state index contributed by atoms with van der Waals surface area (Å²) in [5.41, 5.74) is 1.99. The Labute approximate surface area is 200 Å². The lowest BCUT2D eigenvalue weighted by atomic mass is 10.1. The van der Waals surface area contributed by atoms with Crippen LogP contribution in [0.5, 0.6) is 0 Å². The van der Waals surface area contributed by atoms with Gasteiger partial charge >= 0.3 is 0 Å². The minimum Gasteiger partial charge on any atom is -0.351 e. The van der Waals surface area contributed by atoms with Crippen molar-refractivity contribution in [2.45, 2.75) is 6.54 Å². The zero-order chi connectivity index (χ0) is 24.7. The molecule has 1 aromatic heterocycles. The van der Waals surface area contributed by atoms with Gasteiger partial charge in [0.1, 0.15) is 5.82 Å². The first-order chi connectivity index (χ1) is 16.3. The summed E-state index contributed by atoms with van der Waals surface area (Å²) in [4.78, 5) is 39.3. The van der Waals surface area contributed by atoms with Gasteiger partial charge in [-0.15, -0.1) is 0 Å². The highest BCUT2D eigenvalue weighted by atomic mass is 32.1. The summed E-state index contributed by atoms with van der Waals surface area (Å²) < 4.78 is 14.6. The fourth-order valence-electron chi connectivity index (χ4n) is 3.06. The van der Waals surface area contributed by atoms with Crippen LogP contribution in [0.1, 0.15) is 15.9 Å².